The Morgan fingerprint density at radius 1 is 1.53 bits per heavy atom. The number of morpholine rings is 1. The number of anilines is 1. The summed E-state index contributed by atoms with van der Waals surface area (Å²) in [5, 5.41) is 17.0. The summed E-state index contributed by atoms with van der Waals surface area (Å²) in [6.07, 6.45) is 0.380. The van der Waals surface area contributed by atoms with E-state index in [4.69, 9.17) is 20.0 Å². The number of ether oxygens (including phenoxy) is 1. The van der Waals surface area contributed by atoms with Crippen molar-refractivity contribution >= 4 is 6.01 Å². The molecule has 1 aliphatic heterocycles. The lowest BCUT2D eigenvalue weighted by Crippen LogP contribution is -2.49. The Hall–Kier alpha value is -1.18. The van der Waals surface area contributed by atoms with Crippen LogP contribution in [0.4, 0.5) is 6.01 Å². The third kappa shape index (κ3) is 2.74. The second-order valence-electron chi connectivity index (χ2n) is 4.16. The number of rotatable bonds is 4. The quantitative estimate of drug-likeness (QED) is 0.710. The van der Waals surface area contributed by atoms with Crippen LogP contribution in [-0.2, 0) is 11.2 Å². The van der Waals surface area contributed by atoms with Crippen molar-refractivity contribution in [2.45, 2.75) is 25.5 Å². The molecule has 2 heterocycles. The lowest BCUT2D eigenvalue weighted by atomic mass is 10.2. The normalized spacial score (nSPS) is 25.2. The topological polar surface area (TPSA) is 97.6 Å². The van der Waals surface area contributed by atoms with Crippen molar-refractivity contribution in [1.82, 2.24) is 10.2 Å². The number of aliphatic hydroxyl groups excluding tert-OH is 1. The van der Waals surface area contributed by atoms with Gasteiger partial charge in [-0.15, -0.1) is 5.10 Å². The smallest absolute Gasteiger partial charge is 0.318 e. The Kier molecular flexibility index (Phi) is 3.93. The van der Waals surface area contributed by atoms with Gasteiger partial charge in [-0.1, -0.05) is 5.10 Å². The molecular formula is C10H18N4O3. The lowest BCUT2D eigenvalue weighted by Gasteiger charge is -2.35. The van der Waals surface area contributed by atoms with Crippen LogP contribution in [0.1, 0.15) is 12.8 Å². The maximum Gasteiger partial charge on any atom is 0.318 e. The minimum absolute atomic E-state index is 0.00693. The molecule has 7 nitrogen and oxygen atoms in total. The molecule has 2 rings (SSSR count). The van der Waals surface area contributed by atoms with Crippen LogP contribution in [0.3, 0.4) is 0 Å². The highest BCUT2D eigenvalue weighted by Crippen LogP contribution is 2.20. The molecule has 2 atom stereocenters. The predicted molar refractivity (Wildman–Crippen MR) is 60.7 cm³/mol. The molecule has 1 aromatic heterocycles. The molecule has 1 aliphatic rings. The van der Waals surface area contributed by atoms with Crippen molar-refractivity contribution in [3.05, 3.63) is 5.89 Å². The molecule has 1 saturated heterocycles. The minimum atomic E-state index is -0.198. The SMILES string of the molecule is CC1COC(CO)CN1c1nnc(CCN)o1. The molecule has 1 fully saturated rings. The fourth-order valence-electron chi connectivity index (χ4n) is 1.78. The zero-order valence-corrected chi connectivity index (χ0v) is 9.87. The molecule has 2 unspecified atom stereocenters. The van der Waals surface area contributed by atoms with Gasteiger partial charge >= 0.3 is 6.01 Å². The van der Waals surface area contributed by atoms with Crippen molar-refractivity contribution < 1.29 is 14.3 Å². The first-order valence-electron chi connectivity index (χ1n) is 5.76. The Bertz CT molecular complexity index is 357. The summed E-state index contributed by atoms with van der Waals surface area (Å²) >= 11 is 0. The number of nitrogens with two attached hydrogens (primary N) is 1. The van der Waals surface area contributed by atoms with E-state index in [1.807, 2.05) is 11.8 Å². The average Bonchev–Trinajstić information content (AvgIpc) is 2.79. The summed E-state index contributed by atoms with van der Waals surface area (Å²) < 4.78 is 11.0. The zero-order valence-electron chi connectivity index (χ0n) is 9.87. The van der Waals surface area contributed by atoms with E-state index in [0.717, 1.165) is 0 Å². The molecule has 0 aromatic carbocycles. The third-order valence-corrected chi connectivity index (χ3v) is 2.77. The van der Waals surface area contributed by atoms with E-state index >= 15 is 0 Å². The Labute approximate surface area is 99.6 Å². The van der Waals surface area contributed by atoms with Crippen LogP contribution in [-0.4, -0.2) is 53.8 Å². The fourth-order valence-corrected chi connectivity index (χ4v) is 1.78. The maximum atomic E-state index is 9.10. The van der Waals surface area contributed by atoms with Gasteiger partial charge in [0.15, 0.2) is 0 Å². The summed E-state index contributed by atoms with van der Waals surface area (Å²) in [5.74, 6) is 0.543. The lowest BCUT2D eigenvalue weighted by molar-refractivity contribution is -0.0118. The van der Waals surface area contributed by atoms with Crippen LogP contribution in [0.25, 0.3) is 0 Å². The molecule has 96 valence electrons. The second kappa shape index (κ2) is 5.44. The molecule has 0 amide bonds. The Morgan fingerprint density at radius 2 is 2.35 bits per heavy atom. The minimum Gasteiger partial charge on any atom is -0.408 e. The number of aromatic nitrogens is 2. The molecule has 3 N–H and O–H groups in total. The van der Waals surface area contributed by atoms with Gasteiger partial charge in [-0.2, -0.15) is 0 Å². The molecular weight excluding hydrogens is 224 g/mol. The Morgan fingerprint density at radius 3 is 3.06 bits per heavy atom. The van der Waals surface area contributed by atoms with E-state index in [2.05, 4.69) is 10.2 Å². The molecule has 1 aromatic rings. The van der Waals surface area contributed by atoms with Crippen LogP contribution in [0.5, 0.6) is 0 Å². The van der Waals surface area contributed by atoms with Gasteiger partial charge in [0.2, 0.25) is 5.89 Å². The molecule has 0 bridgehead atoms. The molecule has 0 saturated carbocycles. The van der Waals surface area contributed by atoms with Gasteiger partial charge in [0, 0.05) is 13.0 Å². The molecule has 7 heteroatoms. The second-order valence-corrected chi connectivity index (χ2v) is 4.16. The van der Waals surface area contributed by atoms with Gasteiger partial charge in [-0.25, -0.2) is 0 Å². The maximum absolute atomic E-state index is 9.10. The van der Waals surface area contributed by atoms with E-state index < -0.39 is 0 Å². The van der Waals surface area contributed by atoms with Gasteiger partial charge in [-0.3, -0.25) is 0 Å². The van der Waals surface area contributed by atoms with Crippen LogP contribution >= 0.6 is 0 Å². The molecule has 0 spiro atoms. The summed E-state index contributed by atoms with van der Waals surface area (Å²) in [7, 11) is 0. The number of nitrogens with zero attached hydrogens (tertiary/aromatic N) is 3. The van der Waals surface area contributed by atoms with Gasteiger partial charge in [-0.05, 0) is 6.92 Å². The van der Waals surface area contributed by atoms with Crippen molar-refractivity contribution in [1.29, 1.82) is 0 Å². The van der Waals surface area contributed by atoms with E-state index in [0.29, 0.717) is 38.0 Å². The number of hydrogen-bond donors (Lipinski definition) is 2. The van der Waals surface area contributed by atoms with E-state index in [1.54, 1.807) is 0 Å². The standard InChI is InChI=1S/C10H18N4O3/c1-7-6-16-8(5-15)4-14(7)10-13-12-9(17-10)2-3-11/h7-8,15H,2-6,11H2,1H3. The highest BCUT2D eigenvalue weighted by atomic mass is 16.5. The fraction of sp³-hybridized carbons (Fsp3) is 0.800. The Balaban J connectivity index is 2.07. The van der Waals surface area contributed by atoms with Crippen LogP contribution < -0.4 is 10.6 Å². The molecule has 0 aliphatic carbocycles. The average molecular weight is 242 g/mol. The van der Waals surface area contributed by atoms with Crippen molar-refractivity contribution in [3.8, 4) is 0 Å². The van der Waals surface area contributed by atoms with Gasteiger partial charge < -0.3 is 24.9 Å². The van der Waals surface area contributed by atoms with Gasteiger partial charge in [0.05, 0.1) is 31.9 Å². The number of hydrogen-bond acceptors (Lipinski definition) is 7. The molecule has 17 heavy (non-hydrogen) atoms. The van der Waals surface area contributed by atoms with E-state index in [-0.39, 0.29) is 18.8 Å². The summed E-state index contributed by atoms with van der Waals surface area (Å²) in [4.78, 5) is 1.96. The van der Waals surface area contributed by atoms with E-state index in [9.17, 15) is 0 Å². The summed E-state index contributed by atoms with van der Waals surface area (Å²) in [6, 6.07) is 0.631. The zero-order chi connectivity index (χ0) is 12.3. The van der Waals surface area contributed by atoms with Crippen LogP contribution in [0, 0.1) is 0 Å². The van der Waals surface area contributed by atoms with Crippen molar-refractivity contribution in [3.63, 3.8) is 0 Å². The first kappa shape index (κ1) is 12.3. The molecule has 0 radical (unpaired) electrons. The van der Waals surface area contributed by atoms with Gasteiger partial charge in [0.25, 0.3) is 0 Å². The van der Waals surface area contributed by atoms with Crippen LogP contribution in [0.15, 0.2) is 4.42 Å². The highest BCUT2D eigenvalue weighted by molar-refractivity contribution is 5.27. The first-order chi connectivity index (χ1) is 8.24. The first-order valence-corrected chi connectivity index (χ1v) is 5.76. The van der Waals surface area contributed by atoms with Crippen LogP contribution in [0.2, 0.25) is 0 Å². The summed E-state index contributed by atoms with van der Waals surface area (Å²) in [5.41, 5.74) is 5.42. The van der Waals surface area contributed by atoms with Crippen molar-refractivity contribution in [2.75, 3.05) is 31.2 Å². The van der Waals surface area contributed by atoms with Gasteiger partial charge in [0.1, 0.15) is 0 Å². The van der Waals surface area contributed by atoms with E-state index in [1.165, 1.54) is 0 Å². The predicted octanol–water partition coefficient (Wildman–Crippen LogP) is -0.843. The monoisotopic (exact) mass is 242 g/mol. The highest BCUT2D eigenvalue weighted by Gasteiger charge is 2.29. The van der Waals surface area contributed by atoms with Crippen molar-refractivity contribution in [2.24, 2.45) is 5.73 Å². The number of aliphatic hydroxyl groups is 1. The summed E-state index contributed by atoms with van der Waals surface area (Å²) in [6.45, 7) is 3.59. The third-order valence-electron chi connectivity index (χ3n) is 2.77. The largest absolute Gasteiger partial charge is 0.408 e.